The lowest BCUT2D eigenvalue weighted by Crippen LogP contribution is -2.33. The Morgan fingerprint density at radius 1 is 0.968 bits per heavy atom. The van der Waals surface area contributed by atoms with Crippen LogP contribution < -0.4 is 10.6 Å². The molecule has 156 valence electrons. The largest absolute Gasteiger partial charge is 0.418 e. The van der Waals surface area contributed by atoms with E-state index in [0.717, 1.165) is 12.0 Å². The van der Waals surface area contributed by atoms with Crippen molar-refractivity contribution in [3.8, 4) is 11.5 Å². The van der Waals surface area contributed by atoms with Crippen LogP contribution in [0.1, 0.15) is 30.0 Å². The number of hydrogen-bond acceptors (Lipinski definition) is 4. The normalized spacial score (nSPS) is 11.7. The second-order valence-corrected chi connectivity index (χ2v) is 7.33. The number of carbonyl (C=O) groups is 1. The van der Waals surface area contributed by atoms with Crippen LogP contribution in [0.4, 0.5) is 10.5 Å². The molecule has 2 amide bonds. The van der Waals surface area contributed by atoms with Gasteiger partial charge < -0.3 is 15.1 Å². The molecular weight excluding hydrogens is 412 g/mol. The van der Waals surface area contributed by atoms with Gasteiger partial charge in [-0.2, -0.15) is 0 Å². The van der Waals surface area contributed by atoms with Crippen LogP contribution in [-0.2, 0) is 6.42 Å². The first-order chi connectivity index (χ1) is 15.1. The molecule has 0 aliphatic carbocycles. The minimum Gasteiger partial charge on any atom is -0.418 e. The third-order valence-corrected chi connectivity index (χ3v) is 5.15. The van der Waals surface area contributed by atoms with Gasteiger partial charge in [0.15, 0.2) is 0 Å². The van der Waals surface area contributed by atoms with Crippen molar-refractivity contribution in [2.24, 2.45) is 0 Å². The molecule has 0 aliphatic rings. The van der Waals surface area contributed by atoms with Crippen molar-refractivity contribution in [3.63, 3.8) is 0 Å². The van der Waals surface area contributed by atoms with Crippen LogP contribution in [0.25, 0.3) is 11.5 Å². The lowest BCUT2D eigenvalue weighted by atomic mass is 10.1. The van der Waals surface area contributed by atoms with Gasteiger partial charge in [0.1, 0.15) is 6.04 Å². The highest BCUT2D eigenvalue weighted by Crippen LogP contribution is 2.29. The Bertz CT molecular complexity index is 1160. The molecule has 0 unspecified atom stereocenters. The van der Waals surface area contributed by atoms with Gasteiger partial charge >= 0.3 is 6.03 Å². The van der Waals surface area contributed by atoms with Crippen molar-refractivity contribution in [3.05, 3.63) is 101 Å². The summed E-state index contributed by atoms with van der Waals surface area (Å²) in [4.78, 5) is 12.7. The summed E-state index contributed by atoms with van der Waals surface area (Å²) in [5, 5.41) is 14.6. The number of nitrogens with zero attached hydrogens (tertiary/aromatic N) is 2. The second-order valence-electron chi connectivity index (χ2n) is 6.92. The topological polar surface area (TPSA) is 80.0 Å². The number of halogens is 1. The summed E-state index contributed by atoms with van der Waals surface area (Å²) >= 11 is 6.25. The van der Waals surface area contributed by atoms with E-state index in [1.165, 1.54) is 5.56 Å². The highest BCUT2D eigenvalue weighted by atomic mass is 35.5. The number of anilines is 1. The van der Waals surface area contributed by atoms with E-state index in [2.05, 4.69) is 27.8 Å². The highest BCUT2D eigenvalue weighted by Gasteiger charge is 2.24. The monoisotopic (exact) mass is 432 g/mol. The second kappa shape index (κ2) is 9.45. The van der Waals surface area contributed by atoms with Crippen LogP contribution in [-0.4, -0.2) is 16.2 Å². The van der Waals surface area contributed by atoms with Crippen LogP contribution in [0.3, 0.4) is 0 Å². The molecule has 0 spiro atoms. The number of urea groups is 1. The summed E-state index contributed by atoms with van der Waals surface area (Å²) in [6, 6.07) is 23.4. The molecule has 1 atom stereocenters. The van der Waals surface area contributed by atoms with Gasteiger partial charge in [-0.1, -0.05) is 73.1 Å². The van der Waals surface area contributed by atoms with Crippen LogP contribution >= 0.6 is 11.6 Å². The first kappa shape index (κ1) is 20.6. The van der Waals surface area contributed by atoms with Gasteiger partial charge in [-0.15, -0.1) is 10.2 Å². The summed E-state index contributed by atoms with van der Waals surface area (Å²) in [5.41, 5.74) is 3.35. The molecule has 0 saturated carbocycles. The third-order valence-electron chi connectivity index (χ3n) is 4.82. The summed E-state index contributed by atoms with van der Waals surface area (Å²) < 4.78 is 5.90. The molecular formula is C24H21ClN4O2. The maximum atomic E-state index is 12.7. The molecule has 4 aromatic rings. The number of amides is 2. The molecule has 1 aromatic heterocycles. The standard InChI is InChI=1S/C24H21ClN4O2/c1-2-16-12-14-18(15-13-16)26-24(30)27-21(17-8-4-3-5-9-17)23-29-28-22(31-23)19-10-6-7-11-20(19)25/h3-15,21H,2H2,1H3,(H2,26,27,30)/t21-/m1/s1. The fraction of sp³-hybridized carbons (Fsp3) is 0.125. The molecule has 0 fully saturated rings. The van der Waals surface area contributed by atoms with Crippen molar-refractivity contribution < 1.29 is 9.21 Å². The van der Waals surface area contributed by atoms with Crippen molar-refractivity contribution in [2.45, 2.75) is 19.4 Å². The molecule has 2 N–H and O–H groups in total. The van der Waals surface area contributed by atoms with Gasteiger partial charge in [0.25, 0.3) is 0 Å². The predicted molar refractivity (Wildman–Crippen MR) is 121 cm³/mol. The Morgan fingerprint density at radius 3 is 2.39 bits per heavy atom. The van der Waals surface area contributed by atoms with Gasteiger partial charge in [0.05, 0.1) is 10.6 Å². The molecule has 0 aliphatic heterocycles. The number of aromatic nitrogens is 2. The summed E-state index contributed by atoms with van der Waals surface area (Å²) in [6.45, 7) is 2.08. The Hall–Kier alpha value is -3.64. The molecule has 6 nitrogen and oxygen atoms in total. The van der Waals surface area contributed by atoms with Gasteiger partial charge in [-0.3, -0.25) is 0 Å². The fourth-order valence-corrected chi connectivity index (χ4v) is 3.37. The van der Waals surface area contributed by atoms with Crippen LogP contribution in [0.5, 0.6) is 0 Å². The lowest BCUT2D eigenvalue weighted by molar-refractivity contribution is 0.248. The molecule has 7 heteroatoms. The van der Waals surface area contributed by atoms with Crippen molar-refractivity contribution in [1.29, 1.82) is 0 Å². The van der Waals surface area contributed by atoms with E-state index in [4.69, 9.17) is 16.0 Å². The highest BCUT2D eigenvalue weighted by molar-refractivity contribution is 6.33. The average Bonchev–Trinajstić information content (AvgIpc) is 3.28. The van der Waals surface area contributed by atoms with E-state index >= 15 is 0 Å². The minimum absolute atomic E-state index is 0.262. The van der Waals surface area contributed by atoms with Crippen molar-refractivity contribution in [1.82, 2.24) is 15.5 Å². The Morgan fingerprint density at radius 2 is 1.68 bits per heavy atom. The first-order valence-electron chi connectivity index (χ1n) is 9.93. The smallest absolute Gasteiger partial charge is 0.320 e. The third kappa shape index (κ3) is 4.92. The van der Waals surface area contributed by atoms with Crippen molar-refractivity contribution in [2.75, 3.05) is 5.32 Å². The quantitative estimate of drug-likeness (QED) is 0.399. The molecule has 0 radical (unpaired) electrons. The Balaban J connectivity index is 1.58. The molecule has 4 rings (SSSR count). The van der Waals surface area contributed by atoms with Gasteiger partial charge in [-0.25, -0.2) is 4.79 Å². The number of benzene rings is 3. The maximum Gasteiger partial charge on any atom is 0.320 e. The minimum atomic E-state index is -0.625. The van der Waals surface area contributed by atoms with E-state index < -0.39 is 6.04 Å². The number of carbonyl (C=O) groups excluding carboxylic acids is 1. The van der Waals surface area contributed by atoms with E-state index in [-0.39, 0.29) is 11.9 Å². The lowest BCUT2D eigenvalue weighted by Gasteiger charge is -2.16. The van der Waals surface area contributed by atoms with Crippen LogP contribution in [0, 0.1) is 0 Å². The van der Waals surface area contributed by atoms with Crippen LogP contribution in [0.15, 0.2) is 83.3 Å². The molecule has 3 aromatic carbocycles. The van der Waals surface area contributed by atoms with Gasteiger partial charge in [0, 0.05) is 5.69 Å². The zero-order valence-corrected chi connectivity index (χ0v) is 17.6. The SMILES string of the molecule is CCc1ccc(NC(=O)N[C@H](c2ccccc2)c2nnc(-c3ccccc3Cl)o2)cc1. The van der Waals surface area contributed by atoms with Gasteiger partial charge in [-0.05, 0) is 41.8 Å². The molecule has 31 heavy (non-hydrogen) atoms. The van der Waals surface area contributed by atoms with Crippen molar-refractivity contribution >= 4 is 23.3 Å². The maximum absolute atomic E-state index is 12.7. The predicted octanol–water partition coefficient (Wildman–Crippen LogP) is 5.86. The van der Waals surface area contributed by atoms with Crippen LogP contribution in [0.2, 0.25) is 5.02 Å². The molecule has 0 bridgehead atoms. The van der Waals surface area contributed by atoms with E-state index in [9.17, 15) is 4.79 Å². The zero-order chi connectivity index (χ0) is 21.6. The number of rotatable bonds is 6. The molecule has 1 heterocycles. The number of nitrogens with one attached hydrogen (secondary N) is 2. The number of hydrogen-bond donors (Lipinski definition) is 2. The Labute approximate surface area is 185 Å². The summed E-state index contributed by atoms with van der Waals surface area (Å²) in [5.74, 6) is 0.552. The fourth-order valence-electron chi connectivity index (χ4n) is 3.15. The summed E-state index contributed by atoms with van der Waals surface area (Å²) in [6.07, 6.45) is 0.938. The van der Waals surface area contributed by atoms with E-state index in [1.54, 1.807) is 12.1 Å². The average molecular weight is 433 g/mol. The first-order valence-corrected chi connectivity index (χ1v) is 10.3. The van der Waals surface area contributed by atoms with E-state index in [1.807, 2.05) is 66.7 Å². The zero-order valence-electron chi connectivity index (χ0n) is 16.9. The Kier molecular flexibility index (Phi) is 6.29. The van der Waals surface area contributed by atoms with Gasteiger partial charge in [0.2, 0.25) is 11.8 Å². The summed E-state index contributed by atoms with van der Waals surface area (Å²) in [7, 11) is 0. The molecule has 0 saturated heterocycles. The van der Waals surface area contributed by atoms with E-state index in [0.29, 0.717) is 22.2 Å². The number of aryl methyl sites for hydroxylation is 1.